The second-order valence-electron chi connectivity index (χ2n) is 9.32. The molecule has 0 radical (unpaired) electrons. The van der Waals surface area contributed by atoms with Crippen molar-refractivity contribution in [3.63, 3.8) is 0 Å². The van der Waals surface area contributed by atoms with Crippen LogP contribution in [-0.2, 0) is 15.3 Å². The van der Waals surface area contributed by atoms with E-state index in [1.54, 1.807) is 53.9 Å². The maximum absolute atomic E-state index is 13.6. The zero-order chi connectivity index (χ0) is 28.0. The predicted molar refractivity (Wildman–Crippen MR) is 157 cm³/mol. The van der Waals surface area contributed by atoms with Gasteiger partial charge < -0.3 is 5.11 Å². The van der Waals surface area contributed by atoms with E-state index in [2.05, 4.69) is 39.4 Å². The van der Waals surface area contributed by atoms with Gasteiger partial charge in [0.1, 0.15) is 11.3 Å². The van der Waals surface area contributed by atoms with Crippen LogP contribution in [0.2, 0.25) is 5.02 Å². The van der Waals surface area contributed by atoms with E-state index in [-0.39, 0.29) is 16.5 Å². The SMILES string of the molecule is Cc1ccc(CSc2nnc(N3C(=O)C(=O)/C(=C(/O)c4c(C)nc5ccccn45)C3c3ccc(Cl)cc3)s2)cc1. The minimum atomic E-state index is -0.936. The Morgan fingerprint density at radius 3 is 2.52 bits per heavy atom. The number of aliphatic hydroxyl groups excluding tert-OH is 1. The van der Waals surface area contributed by atoms with Crippen molar-refractivity contribution in [2.24, 2.45) is 0 Å². The van der Waals surface area contributed by atoms with Gasteiger partial charge in [0.2, 0.25) is 5.13 Å². The van der Waals surface area contributed by atoms with E-state index >= 15 is 0 Å². The number of aromatic nitrogens is 4. The van der Waals surface area contributed by atoms with Crippen molar-refractivity contribution in [3.05, 3.63) is 112 Å². The van der Waals surface area contributed by atoms with Gasteiger partial charge in [0.25, 0.3) is 5.78 Å². The maximum Gasteiger partial charge on any atom is 0.301 e. The summed E-state index contributed by atoms with van der Waals surface area (Å²) in [5, 5.41) is 21.0. The van der Waals surface area contributed by atoms with E-state index in [4.69, 9.17) is 11.6 Å². The van der Waals surface area contributed by atoms with Gasteiger partial charge in [-0.15, -0.1) is 10.2 Å². The van der Waals surface area contributed by atoms with Gasteiger partial charge in [-0.25, -0.2) is 4.98 Å². The first-order chi connectivity index (χ1) is 19.3. The van der Waals surface area contributed by atoms with Crippen LogP contribution in [0.15, 0.2) is 82.8 Å². The molecule has 1 N–H and O–H groups in total. The number of rotatable bonds is 6. The number of imidazole rings is 1. The first kappa shape index (κ1) is 26.2. The molecule has 4 heterocycles. The molecular formula is C29H22ClN5O3S2. The molecule has 0 saturated carbocycles. The molecule has 11 heteroatoms. The molecule has 0 bridgehead atoms. The van der Waals surface area contributed by atoms with Gasteiger partial charge >= 0.3 is 5.91 Å². The Balaban J connectivity index is 1.43. The molecule has 1 atom stereocenters. The summed E-state index contributed by atoms with van der Waals surface area (Å²) in [5.74, 6) is -1.23. The lowest BCUT2D eigenvalue weighted by molar-refractivity contribution is -0.132. The number of hydrogen-bond acceptors (Lipinski definition) is 8. The number of anilines is 1. The van der Waals surface area contributed by atoms with Crippen molar-refractivity contribution in [2.45, 2.75) is 30.0 Å². The van der Waals surface area contributed by atoms with Gasteiger partial charge in [-0.3, -0.25) is 18.9 Å². The maximum atomic E-state index is 13.6. The number of amides is 1. The topological polar surface area (TPSA) is 101 Å². The number of carbonyl (C=O) groups excluding carboxylic acids is 2. The third-order valence-corrected chi connectivity index (χ3v) is 9.02. The Kier molecular flexibility index (Phi) is 6.91. The number of halogens is 1. The first-order valence-corrected chi connectivity index (χ1v) is 14.5. The number of pyridine rings is 1. The Bertz CT molecular complexity index is 1790. The highest BCUT2D eigenvalue weighted by atomic mass is 35.5. The number of nitrogens with zero attached hydrogens (tertiary/aromatic N) is 5. The van der Waals surface area contributed by atoms with E-state index in [0.717, 1.165) is 5.56 Å². The summed E-state index contributed by atoms with van der Waals surface area (Å²) in [7, 11) is 0. The summed E-state index contributed by atoms with van der Waals surface area (Å²) in [5.41, 5.74) is 4.35. The van der Waals surface area contributed by atoms with Gasteiger partial charge in [-0.2, -0.15) is 0 Å². The van der Waals surface area contributed by atoms with Crippen molar-refractivity contribution in [3.8, 4) is 0 Å². The van der Waals surface area contributed by atoms with Crippen LogP contribution in [0.5, 0.6) is 0 Å². The van der Waals surface area contributed by atoms with Crippen LogP contribution in [0.4, 0.5) is 5.13 Å². The standard InChI is InChI=1S/C29H22ClN5O3S2/c1-16-6-8-18(9-7-16)15-39-29-33-32-28(40-29)35-24(19-10-12-20(30)13-11-19)22(26(37)27(35)38)25(36)23-17(2)31-21-5-3-4-14-34(21)23/h3-14,24,36H,15H2,1-2H3/b25-22+. The second-order valence-corrected chi connectivity index (χ2v) is 11.9. The largest absolute Gasteiger partial charge is 0.505 e. The number of hydrogen-bond donors (Lipinski definition) is 1. The van der Waals surface area contributed by atoms with Gasteiger partial charge in [0.05, 0.1) is 17.3 Å². The average molecular weight is 588 g/mol. The average Bonchev–Trinajstić information content (AvgIpc) is 3.62. The van der Waals surface area contributed by atoms with Crippen LogP contribution in [0.3, 0.4) is 0 Å². The zero-order valence-electron chi connectivity index (χ0n) is 21.4. The summed E-state index contributed by atoms with van der Waals surface area (Å²) >= 11 is 8.87. The van der Waals surface area contributed by atoms with E-state index in [1.807, 2.05) is 13.0 Å². The molecule has 0 aliphatic carbocycles. The van der Waals surface area contributed by atoms with Crippen LogP contribution < -0.4 is 4.90 Å². The number of aryl methyl sites for hydroxylation is 2. The monoisotopic (exact) mass is 587 g/mol. The third-order valence-electron chi connectivity index (χ3n) is 6.64. The van der Waals surface area contributed by atoms with Crippen molar-refractivity contribution in [2.75, 3.05) is 4.90 Å². The van der Waals surface area contributed by atoms with Crippen molar-refractivity contribution in [1.29, 1.82) is 0 Å². The fourth-order valence-corrected chi connectivity index (χ4v) is 6.65. The Hall–Kier alpha value is -3.99. The number of carbonyl (C=O) groups is 2. The fourth-order valence-electron chi connectivity index (χ4n) is 4.70. The van der Waals surface area contributed by atoms with E-state index in [1.165, 1.54) is 33.6 Å². The highest BCUT2D eigenvalue weighted by Gasteiger charge is 2.48. The second kappa shape index (κ2) is 10.5. The molecular weight excluding hydrogens is 566 g/mol. The van der Waals surface area contributed by atoms with Gasteiger partial charge in [-0.05, 0) is 49.2 Å². The normalized spacial score (nSPS) is 16.8. The fraction of sp³-hybridized carbons (Fsp3) is 0.138. The highest BCUT2D eigenvalue weighted by molar-refractivity contribution is 8.00. The summed E-state index contributed by atoms with van der Waals surface area (Å²) in [6, 6.07) is 19.6. The molecule has 40 heavy (non-hydrogen) atoms. The van der Waals surface area contributed by atoms with Crippen molar-refractivity contribution in [1.82, 2.24) is 19.6 Å². The molecule has 1 fully saturated rings. The quantitative estimate of drug-likeness (QED) is 0.0809. The van der Waals surface area contributed by atoms with Crippen molar-refractivity contribution >= 4 is 62.9 Å². The lowest BCUT2D eigenvalue weighted by Crippen LogP contribution is -2.29. The van der Waals surface area contributed by atoms with Gasteiger partial charge in [-0.1, -0.05) is 82.7 Å². The van der Waals surface area contributed by atoms with Crippen LogP contribution in [0.25, 0.3) is 11.4 Å². The van der Waals surface area contributed by atoms with Crippen molar-refractivity contribution < 1.29 is 14.7 Å². The number of fused-ring (bicyclic) bond motifs is 1. The minimum absolute atomic E-state index is 0.0508. The number of Topliss-reactive ketones (excluding diaryl/α,β-unsaturated/α-hetero) is 1. The Labute approximate surface area is 243 Å². The molecule has 1 aliphatic heterocycles. The minimum Gasteiger partial charge on any atom is -0.505 e. The molecule has 1 unspecified atom stereocenters. The van der Waals surface area contributed by atoms with Gasteiger partial charge in [0, 0.05) is 17.0 Å². The molecule has 0 spiro atoms. The number of ketones is 1. The molecule has 2 aromatic carbocycles. The smallest absolute Gasteiger partial charge is 0.301 e. The predicted octanol–water partition coefficient (Wildman–Crippen LogP) is 6.37. The molecule has 5 aromatic rings. The van der Waals surface area contributed by atoms with Gasteiger partial charge in [0.15, 0.2) is 10.1 Å². The summed E-state index contributed by atoms with van der Waals surface area (Å²) < 4.78 is 2.35. The number of aliphatic hydroxyl groups is 1. The Morgan fingerprint density at radius 2 is 1.77 bits per heavy atom. The summed E-state index contributed by atoms with van der Waals surface area (Å²) in [6.45, 7) is 3.79. The van der Waals surface area contributed by atoms with Crippen LogP contribution in [-0.4, -0.2) is 36.4 Å². The van der Waals surface area contributed by atoms with Crippen LogP contribution >= 0.6 is 34.7 Å². The molecule has 1 amide bonds. The molecule has 8 nitrogen and oxygen atoms in total. The number of benzene rings is 2. The zero-order valence-corrected chi connectivity index (χ0v) is 23.8. The summed E-state index contributed by atoms with van der Waals surface area (Å²) in [6.07, 6.45) is 1.75. The highest BCUT2D eigenvalue weighted by Crippen LogP contribution is 2.44. The van der Waals surface area contributed by atoms with E-state index < -0.39 is 17.7 Å². The summed E-state index contributed by atoms with van der Waals surface area (Å²) in [4.78, 5) is 32.9. The third kappa shape index (κ3) is 4.68. The van der Waals surface area contributed by atoms with E-state index in [9.17, 15) is 14.7 Å². The lowest BCUT2D eigenvalue weighted by Gasteiger charge is -2.22. The lowest BCUT2D eigenvalue weighted by atomic mass is 9.96. The first-order valence-electron chi connectivity index (χ1n) is 12.3. The molecule has 6 rings (SSSR count). The van der Waals surface area contributed by atoms with Crippen LogP contribution in [0, 0.1) is 13.8 Å². The molecule has 200 valence electrons. The van der Waals surface area contributed by atoms with E-state index in [0.29, 0.717) is 37.7 Å². The Morgan fingerprint density at radius 1 is 1.02 bits per heavy atom. The molecule has 1 aliphatic rings. The molecule has 3 aromatic heterocycles. The van der Waals surface area contributed by atoms with Crippen LogP contribution in [0.1, 0.15) is 34.1 Å². The number of thioether (sulfide) groups is 1. The molecule has 1 saturated heterocycles.